The van der Waals surface area contributed by atoms with E-state index >= 15 is 0 Å². The Kier molecular flexibility index (Phi) is 6.27. The van der Waals surface area contributed by atoms with Gasteiger partial charge in [-0.15, -0.1) is 0 Å². The van der Waals surface area contributed by atoms with E-state index in [4.69, 9.17) is 14.2 Å². The molecule has 0 atom stereocenters. The van der Waals surface area contributed by atoms with Crippen LogP contribution in [0.4, 0.5) is 9.59 Å². The fraction of sp³-hybridized carbons (Fsp3) is 0.524. The molecular weight excluding hydrogens is 360 g/mol. The standard InChI is InChI=1S/C21H30N2O5/c1-20(2,3)27-18(24)23(19(25)28-21(4,5)6)11-10-14-13-22-17-12-15(26-7)8-9-16(14)17/h8-9,12-13,22H,10-11H2,1-7H3. The molecule has 0 aliphatic carbocycles. The second-order valence-corrected chi connectivity index (χ2v) is 8.59. The lowest BCUT2D eigenvalue weighted by atomic mass is 10.1. The highest BCUT2D eigenvalue weighted by molar-refractivity contribution is 5.88. The minimum atomic E-state index is -0.719. The molecule has 2 aromatic rings. The molecule has 1 aromatic carbocycles. The largest absolute Gasteiger partial charge is 0.497 e. The predicted molar refractivity (Wildman–Crippen MR) is 108 cm³/mol. The molecule has 0 fully saturated rings. The van der Waals surface area contributed by atoms with E-state index in [1.54, 1.807) is 48.7 Å². The number of H-pyrrole nitrogens is 1. The lowest BCUT2D eigenvalue weighted by Gasteiger charge is -2.28. The number of aromatic amines is 1. The highest BCUT2D eigenvalue weighted by Gasteiger charge is 2.31. The van der Waals surface area contributed by atoms with Gasteiger partial charge in [-0.3, -0.25) is 0 Å². The summed E-state index contributed by atoms with van der Waals surface area (Å²) >= 11 is 0. The maximum absolute atomic E-state index is 12.6. The van der Waals surface area contributed by atoms with Crippen molar-refractivity contribution in [1.82, 2.24) is 9.88 Å². The first kappa shape index (κ1) is 21.6. The average Bonchev–Trinajstić information content (AvgIpc) is 2.94. The lowest BCUT2D eigenvalue weighted by Crippen LogP contribution is -2.44. The molecule has 1 heterocycles. The number of nitrogens with zero attached hydrogens (tertiary/aromatic N) is 1. The molecule has 0 saturated heterocycles. The van der Waals surface area contributed by atoms with Crippen LogP contribution in [-0.2, 0) is 15.9 Å². The number of ether oxygens (including phenoxy) is 3. The molecule has 0 unspecified atom stereocenters. The van der Waals surface area contributed by atoms with Crippen LogP contribution >= 0.6 is 0 Å². The Hall–Kier alpha value is -2.70. The second kappa shape index (κ2) is 8.12. The number of aromatic nitrogens is 1. The molecule has 0 saturated carbocycles. The van der Waals surface area contributed by atoms with Crippen LogP contribution in [0.25, 0.3) is 10.9 Å². The summed E-state index contributed by atoms with van der Waals surface area (Å²) in [4.78, 5) is 29.3. The van der Waals surface area contributed by atoms with Gasteiger partial charge in [-0.1, -0.05) is 0 Å². The van der Waals surface area contributed by atoms with Crippen LogP contribution < -0.4 is 4.74 Å². The highest BCUT2D eigenvalue weighted by Crippen LogP contribution is 2.24. The minimum Gasteiger partial charge on any atom is -0.497 e. The summed E-state index contributed by atoms with van der Waals surface area (Å²) in [5, 5.41) is 1.01. The Balaban J connectivity index is 2.20. The Labute approximate surface area is 165 Å². The molecule has 0 aliphatic heterocycles. The molecule has 2 rings (SSSR count). The molecule has 7 nitrogen and oxygen atoms in total. The summed E-state index contributed by atoms with van der Waals surface area (Å²) in [6, 6.07) is 5.73. The first-order valence-electron chi connectivity index (χ1n) is 9.27. The Morgan fingerprint density at radius 3 is 2.07 bits per heavy atom. The number of methoxy groups -OCH3 is 1. The third-order valence-corrected chi connectivity index (χ3v) is 3.81. The van der Waals surface area contributed by atoms with Gasteiger partial charge in [-0.25, -0.2) is 14.5 Å². The van der Waals surface area contributed by atoms with Crippen LogP contribution in [0.3, 0.4) is 0 Å². The summed E-state index contributed by atoms with van der Waals surface area (Å²) < 4.78 is 16.0. The van der Waals surface area contributed by atoms with Crippen molar-refractivity contribution < 1.29 is 23.8 Å². The lowest BCUT2D eigenvalue weighted by molar-refractivity contribution is 0.00172. The summed E-state index contributed by atoms with van der Waals surface area (Å²) in [7, 11) is 1.62. The van der Waals surface area contributed by atoms with Gasteiger partial charge in [0.2, 0.25) is 0 Å². The minimum absolute atomic E-state index is 0.142. The van der Waals surface area contributed by atoms with Crippen molar-refractivity contribution in [2.75, 3.05) is 13.7 Å². The van der Waals surface area contributed by atoms with Gasteiger partial charge in [0, 0.05) is 29.7 Å². The molecule has 0 radical (unpaired) electrons. The summed E-state index contributed by atoms with van der Waals surface area (Å²) in [6.45, 7) is 10.7. The van der Waals surface area contributed by atoms with Crippen LogP contribution in [0.2, 0.25) is 0 Å². The van der Waals surface area contributed by atoms with E-state index < -0.39 is 23.4 Å². The van der Waals surface area contributed by atoms with Gasteiger partial charge in [0.1, 0.15) is 17.0 Å². The first-order chi connectivity index (χ1) is 12.9. The SMILES string of the molecule is COc1ccc2c(CCN(C(=O)OC(C)(C)C)C(=O)OC(C)(C)C)c[nH]c2c1. The van der Waals surface area contributed by atoms with Crippen molar-refractivity contribution in [2.45, 2.75) is 59.2 Å². The van der Waals surface area contributed by atoms with Crippen LogP contribution in [0, 0.1) is 0 Å². The number of rotatable bonds is 4. The van der Waals surface area contributed by atoms with Gasteiger partial charge < -0.3 is 19.2 Å². The van der Waals surface area contributed by atoms with Gasteiger partial charge in [-0.2, -0.15) is 0 Å². The van der Waals surface area contributed by atoms with E-state index in [2.05, 4.69) is 4.98 Å². The number of imide groups is 1. The van der Waals surface area contributed by atoms with Gasteiger partial charge >= 0.3 is 12.2 Å². The van der Waals surface area contributed by atoms with Gasteiger partial charge in [0.15, 0.2) is 0 Å². The van der Waals surface area contributed by atoms with Crippen molar-refractivity contribution in [3.63, 3.8) is 0 Å². The molecule has 0 spiro atoms. The highest BCUT2D eigenvalue weighted by atomic mass is 16.6. The molecule has 0 aliphatic rings. The maximum atomic E-state index is 12.6. The van der Waals surface area contributed by atoms with Crippen molar-refractivity contribution in [3.8, 4) is 5.75 Å². The molecule has 1 aromatic heterocycles. The van der Waals surface area contributed by atoms with Gasteiger partial charge in [0.05, 0.1) is 7.11 Å². The first-order valence-corrected chi connectivity index (χ1v) is 9.27. The predicted octanol–water partition coefficient (Wildman–Crippen LogP) is 4.89. The Morgan fingerprint density at radius 1 is 1.00 bits per heavy atom. The smallest absolute Gasteiger partial charge is 0.419 e. The normalized spacial score (nSPS) is 12.0. The molecule has 7 heteroatoms. The average molecular weight is 390 g/mol. The summed E-state index contributed by atoms with van der Waals surface area (Å²) in [6.07, 6.45) is 0.892. The Morgan fingerprint density at radius 2 is 1.57 bits per heavy atom. The van der Waals surface area contributed by atoms with E-state index in [1.165, 1.54) is 0 Å². The number of amides is 2. The van der Waals surface area contributed by atoms with E-state index in [9.17, 15) is 9.59 Å². The second-order valence-electron chi connectivity index (χ2n) is 8.59. The monoisotopic (exact) mass is 390 g/mol. The third-order valence-electron chi connectivity index (χ3n) is 3.81. The van der Waals surface area contributed by atoms with Crippen molar-refractivity contribution >= 4 is 23.1 Å². The van der Waals surface area contributed by atoms with E-state index in [-0.39, 0.29) is 6.54 Å². The van der Waals surface area contributed by atoms with Gasteiger partial charge in [0.25, 0.3) is 0 Å². The fourth-order valence-corrected chi connectivity index (χ4v) is 2.62. The molecule has 1 N–H and O–H groups in total. The number of benzene rings is 1. The molecule has 28 heavy (non-hydrogen) atoms. The van der Waals surface area contributed by atoms with E-state index in [1.807, 2.05) is 24.4 Å². The van der Waals surface area contributed by atoms with E-state index in [0.29, 0.717) is 6.42 Å². The van der Waals surface area contributed by atoms with E-state index in [0.717, 1.165) is 27.1 Å². The summed E-state index contributed by atoms with van der Waals surface area (Å²) in [5.41, 5.74) is 0.480. The van der Waals surface area contributed by atoms with Crippen LogP contribution in [-0.4, -0.2) is 46.9 Å². The number of fused-ring (bicyclic) bond motifs is 1. The molecule has 154 valence electrons. The maximum Gasteiger partial charge on any atom is 0.419 e. The number of carbonyl (C=O) groups is 2. The number of carbonyl (C=O) groups excluding carboxylic acids is 2. The van der Waals surface area contributed by atoms with Crippen LogP contribution in [0.5, 0.6) is 5.75 Å². The topological polar surface area (TPSA) is 80.9 Å². The quantitative estimate of drug-likeness (QED) is 0.804. The molecule has 2 amide bonds. The number of hydrogen-bond donors (Lipinski definition) is 1. The van der Waals surface area contributed by atoms with Crippen LogP contribution in [0.1, 0.15) is 47.1 Å². The zero-order valence-electron chi connectivity index (χ0n) is 17.7. The zero-order chi connectivity index (χ0) is 21.1. The Bertz CT molecular complexity index is 815. The fourth-order valence-electron chi connectivity index (χ4n) is 2.62. The summed E-state index contributed by atoms with van der Waals surface area (Å²) in [5.74, 6) is 0.755. The number of hydrogen-bond acceptors (Lipinski definition) is 5. The van der Waals surface area contributed by atoms with Crippen LogP contribution in [0.15, 0.2) is 24.4 Å². The van der Waals surface area contributed by atoms with Gasteiger partial charge in [-0.05, 0) is 65.7 Å². The third kappa shape index (κ3) is 5.90. The van der Waals surface area contributed by atoms with Crippen molar-refractivity contribution in [2.24, 2.45) is 0 Å². The molecular formula is C21H30N2O5. The van der Waals surface area contributed by atoms with Crippen molar-refractivity contribution in [3.05, 3.63) is 30.0 Å². The molecule has 0 bridgehead atoms. The van der Waals surface area contributed by atoms with Crippen molar-refractivity contribution in [1.29, 1.82) is 0 Å². The zero-order valence-corrected chi connectivity index (χ0v) is 17.7. The number of nitrogens with one attached hydrogen (secondary N) is 1.